The van der Waals surface area contributed by atoms with Gasteiger partial charge in [-0.25, -0.2) is 0 Å². The lowest BCUT2D eigenvalue weighted by Crippen LogP contribution is -2.09. The summed E-state index contributed by atoms with van der Waals surface area (Å²) in [4.78, 5) is 0. The highest BCUT2D eigenvalue weighted by atomic mass is 14.8. The molecule has 1 nitrogen and oxygen atoms in total. The first-order chi connectivity index (χ1) is 6.94. The number of hydrogen-bond acceptors (Lipinski definition) is 1. The van der Waals surface area contributed by atoms with Crippen molar-refractivity contribution in [2.24, 2.45) is 5.41 Å². The van der Waals surface area contributed by atoms with Gasteiger partial charge in [0.2, 0.25) is 0 Å². The standard InChI is InChI=1S/C14H25N/c1-7-9-13(15-6)12(8-2)10-11-14(3,4)5/h8-10,15H,2,7,11H2,1,3-6H3/b12-10-,13-9+. The number of nitrogens with one attached hydrogen (secondary N) is 1. The van der Waals surface area contributed by atoms with Crippen LogP contribution in [0.15, 0.2) is 36.1 Å². The van der Waals surface area contributed by atoms with E-state index in [0.717, 1.165) is 12.8 Å². The second kappa shape index (κ2) is 6.49. The van der Waals surface area contributed by atoms with Crippen LogP contribution in [-0.4, -0.2) is 7.05 Å². The molecule has 0 amide bonds. The fourth-order valence-electron chi connectivity index (χ4n) is 1.29. The average molecular weight is 207 g/mol. The average Bonchev–Trinajstić information content (AvgIpc) is 2.15. The van der Waals surface area contributed by atoms with Gasteiger partial charge in [-0.05, 0) is 23.8 Å². The molecule has 0 fully saturated rings. The van der Waals surface area contributed by atoms with Crippen LogP contribution in [0.1, 0.15) is 40.5 Å². The highest BCUT2D eigenvalue weighted by Crippen LogP contribution is 2.21. The first-order valence-electron chi connectivity index (χ1n) is 5.65. The molecule has 0 bridgehead atoms. The van der Waals surface area contributed by atoms with Crippen molar-refractivity contribution in [3.63, 3.8) is 0 Å². The molecule has 15 heavy (non-hydrogen) atoms. The van der Waals surface area contributed by atoms with Crippen LogP contribution in [-0.2, 0) is 0 Å². The fraction of sp³-hybridized carbons (Fsp3) is 0.571. The van der Waals surface area contributed by atoms with E-state index >= 15 is 0 Å². The summed E-state index contributed by atoms with van der Waals surface area (Å²) in [6.45, 7) is 12.7. The summed E-state index contributed by atoms with van der Waals surface area (Å²) in [7, 11) is 1.95. The lowest BCUT2D eigenvalue weighted by Gasteiger charge is -2.16. The van der Waals surface area contributed by atoms with Gasteiger partial charge < -0.3 is 5.32 Å². The number of likely N-dealkylation sites (N-methyl/N-ethyl adjacent to an activating group) is 1. The third kappa shape index (κ3) is 6.16. The predicted octanol–water partition coefficient (Wildman–Crippen LogP) is 4.05. The Balaban J connectivity index is 4.74. The molecule has 1 heteroatoms. The lowest BCUT2D eigenvalue weighted by molar-refractivity contribution is 0.420. The molecule has 0 aromatic carbocycles. The van der Waals surface area contributed by atoms with Crippen LogP contribution in [0, 0.1) is 5.41 Å². The Bertz CT molecular complexity index is 251. The van der Waals surface area contributed by atoms with E-state index in [9.17, 15) is 0 Å². The zero-order chi connectivity index (χ0) is 11.9. The van der Waals surface area contributed by atoms with Crippen LogP contribution in [0.5, 0.6) is 0 Å². The third-order valence-corrected chi connectivity index (χ3v) is 2.14. The van der Waals surface area contributed by atoms with E-state index < -0.39 is 0 Å². The monoisotopic (exact) mass is 207 g/mol. The van der Waals surface area contributed by atoms with E-state index in [-0.39, 0.29) is 0 Å². The minimum absolute atomic E-state index is 0.333. The third-order valence-electron chi connectivity index (χ3n) is 2.14. The van der Waals surface area contributed by atoms with Crippen LogP contribution >= 0.6 is 0 Å². The fourth-order valence-corrected chi connectivity index (χ4v) is 1.29. The molecule has 0 aliphatic heterocycles. The minimum atomic E-state index is 0.333. The molecule has 0 radical (unpaired) electrons. The largest absolute Gasteiger partial charge is 0.388 e. The second-order valence-corrected chi connectivity index (χ2v) is 4.90. The molecule has 0 spiro atoms. The first-order valence-corrected chi connectivity index (χ1v) is 5.65. The predicted molar refractivity (Wildman–Crippen MR) is 69.8 cm³/mol. The van der Waals surface area contributed by atoms with E-state index in [1.54, 1.807) is 0 Å². The van der Waals surface area contributed by atoms with Crippen molar-refractivity contribution in [2.45, 2.75) is 40.5 Å². The molecule has 0 rings (SSSR count). The molecule has 1 N–H and O–H groups in total. The van der Waals surface area contributed by atoms with Gasteiger partial charge in [-0.3, -0.25) is 0 Å². The Morgan fingerprint density at radius 1 is 1.27 bits per heavy atom. The second-order valence-electron chi connectivity index (χ2n) is 4.90. The van der Waals surface area contributed by atoms with Crippen LogP contribution in [0.25, 0.3) is 0 Å². The molecule has 0 aliphatic carbocycles. The van der Waals surface area contributed by atoms with Gasteiger partial charge in [0.25, 0.3) is 0 Å². The van der Waals surface area contributed by atoms with Crippen molar-refractivity contribution < 1.29 is 0 Å². The van der Waals surface area contributed by atoms with E-state index in [1.807, 2.05) is 13.1 Å². The van der Waals surface area contributed by atoms with E-state index in [0.29, 0.717) is 5.41 Å². The Labute approximate surface area is 95.0 Å². The molecular weight excluding hydrogens is 182 g/mol. The summed E-state index contributed by atoms with van der Waals surface area (Å²) < 4.78 is 0. The quantitative estimate of drug-likeness (QED) is 0.671. The molecule has 0 saturated carbocycles. The maximum Gasteiger partial charge on any atom is 0.0367 e. The van der Waals surface area contributed by atoms with Gasteiger partial charge in [-0.2, -0.15) is 0 Å². The van der Waals surface area contributed by atoms with Crippen LogP contribution < -0.4 is 5.32 Å². The molecule has 0 aromatic rings. The Hall–Kier alpha value is -0.980. The van der Waals surface area contributed by atoms with Crippen molar-refractivity contribution in [1.29, 1.82) is 0 Å². The Morgan fingerprint density at radius 3 is 2.20 bits per heavy atom. The topological polar surface area (TPSA) is 12.0 Å². The minimum Gasteiger partial charge on any atom is -0.388 e. The van der Waals surface area contributed by atoms with Gasteiger partial charge in [0.05, 0.1) is 0 Å². The van der Waals surface area contributed by atoms with Crippen molar-refractivity contribution in [2.75, 3.05) is 7.05 Å². The summed E-state index contributed by atoms with van der Waals surface area (Å²) in [5, 5.41) is 3.21. The molecule has 86 valence electrons. The Morgan fingerprint density at radius 2 is 1.87 bits per heavy atom. The van der Waals surface area contributed by atoms with Gasteiger partial charge in [0.15, 0.2) is 0 Å². The zero-order valence-electron chi connectivity index (χ0n) is 10.9. The van der Waals surface area contributed by atoms with Crippen molar-refractivity contribution in [1.82, 2.24) is 5.32 Å². The van der Waals surface area contributed by atoms with Gasteiger partial charge in [-0.1, -0.05) is 52.5 Å². The highest BCUT2D eigenvalue weighted by molar-refractivity contribution is 5.37. The van der Waals surface area contributed by atoms with Crippen molar-refractivity contribution in [3.8, 4) is 0 Å². The SMILES string of the molecule is C=CC(=C/CC(C)(C)C)/C(=C\CC)NC. The maximum absolute atomic E-state index is 3.86. The molecule has 0 heterocycles. The summed E-state index contributed by atoms with van der Waals surface area (Å²) in [5.41, 5.74) is 2.71. The number of rotatable bonds is 5. The summed E-state index contributed by atoms with van der Waals surface area (Å²) in [6, 6.07) is 0. The normalized spacial score (nSPS) is 13.9. The molecular formula is C14H25N. The molecule has 0 saturated heterocycles. The molecule has 0 aliphatic rings. The van der Waals surface area contributed by atoms with Crippen LogP contribution in [0.4, 0.5) is 0 Å². The lowest BCUT2D eigenvalue weighted by atomic mass is 9.91. The zero-order valence-corrected chi connectivity index (χ0v) is 10.9. The van der Waals surface area contributed by atoms with Gasteiger partial charge >= 0.3 is 0 Å². The number of allylic oxidation sites excluding steroid dienone is 3. The summed E-state index contributed by atoms with van der Waals surface area (Å²) in [6.07, 6.45) is 8.47. The first kappa shape index (κ1) is 14.0. The van der Waals surface area contributed by atoms with Crippen LogP contribution in [0.3, 0.4) is 0 Å². The van der Waals surface area contributed by atoms with E-state index in [1.165, 1.54) is 11.3 Å². The van der Waals surface area contributed by atoms with Crippen LogP contribution in [0.2, 0.25) is 0 Å². The van der Waals surface area contributed by atoms with Gasteiger partial charge in [0, 0.05) is 12.7 Å². The van der Waals surface area contributed by atoms with Crippen molar-refractivity contribution >= 4 is 0 Å². The maximum atomic E-state index is 3.86. The molecule has 0 unspecified atom stereocenters. The molecule has 0 atom stereocenters. The van der Waals surface area contributed by atoms with Gasteiger partial charge in [0.1, 0.15) is 0 Å². The van der Waals surface area contributed by atoms with Gasteiger partial charge in [-0.15, -0.1) is 0 Å². The van der Waals surface area contributed by atoms with E-state index in [2.05, 4.69) is 51.7 Å². The highest BCUT2D eigenvalue weighted by Gasteiger charge is 2.08. The van der Waals surface area contributed by atoms with Crippen molar-refractivity contribution in [3.05, 3.63) is 36.1 Å². The number of hydrogen-bond donors (Lipinski definition) is 1. The summed E-state index contributed by atoms with van der Waals surface area (Å²) >= 11 is 0. The Kier molecular flexibility index (Phi) is 6.07. The smallest absolute Gasteiger partial charge is 0.0367 e. The van der Waals surface area contributed by atoms with E-state index in [4.69, 9.17) is 0 Å². The summed E-state index contributed by atoms with van der Waals surface area (Å²) in [5.74, 6) is 0. The molecule has 0 aromatic heterocycles.